The first-order valence-electron chi connectivity index (χ1n) is 6.43. The van der Waals surface area contributed by atoms with Crippen molar-refractivity contribution >= 4 is 28.2 Å². The molecule has 7 heteroatoms. The SMILES string of the molecule is FC(F)(F)[C@H]1CN(c2ccnc3ccc(Cl)cc23)CCO1. The highest BCUT2D eigenvalue weighted by molar-refractivity contribution is 6.31. The van der Waals surface area contributed by atoms with Gasteiger partial charge in [0.05, 0.1) is 18.7 Å². The van der Waals surface area contributed by atoms with Crippen molar-refractivity contribution in [3.63, 3.8) is 0 Å². The number of halogens is 4. The Kier molecular flexibility index (Phi) is 3.67. The molecule has 0 bridgehead atoms. The van der Waals surface area contributed by atoms with E-state index >= 15 is 0 Å². The monoisotopic (exact) mass is 316 g/mol. The maximum absolute atomic E-state index is 12.8. The third-order valence-electron chi connectivity index (χ3n) is 3.45. The number of anilines is 1. The van der Waals surface area contributed by atoms with Gasteiger partial charge in [-0.05, 0) is 24.3 Å². The first-order valence-corrected chi connectivity index (χ1v) is 6.80. The Bertz CT molecular complexity index is 662. The van der Waals surface area contributed by atoms with E-state index in [1.807, 2.05) is 0 Å². The van der Waals surface area contributed by atoms with E-state index in [4.69, 9.17) is 16.3 Å². The Balaban J connectivity index is 1.98. The molecule has 3 rings (SSSR count). The summed E-state index contributed by atoms with van der Waals surface area (Å²) >= 11 is 5.98. The van der Waals surface area contributed by atoms with Crippen molar-refractivity contribution in [2.24, 2.45) is 0 Å². The predicted molar refractivity (Wildman–Crippen MR) is 74.8 cm³/mol. The van der Waals surface area contributed by atoms with Crippen LogP contribution < -0.4 is 4.90 Å². The number of nitrogens with zero attached hydrogens (tertiary/aromatic N) is 2. The Morgan fingerprint density at radius 3 is 2.86 bits per heavy atom. The summed E-state index contributed by atoms with van der Waals surface area (Å²) in [5.74, 6) is 0. The molecule has 2 heterocycles. The number of pyridine rings is 1. The van der Waals surface area contributed by atoms with Crippen molar-refractivity contribution in [2.45, 2.75) is 12.3 Å². The van der Waals surface area contributed by atoms with E-state index in [0.717, 1.165) is 5.39 Å². The summed E-state index contributed by atoms with van der Waals surface area (Å²) in [4.78, 5) is 5.88. The van der Waals surface area contributed by atoms with Crippen molar-refractivity contribution in [1.82, 2.24) is 4.98 Å². The van der Waals surface area contributed by atoms with Gasteiger partial charge < -0.3 is 9.64 Å². The number of benzene rings is 1. The van der Waals surface area contributed by atoms with Crippen LogP contribution in [0, 0.1) is 0 Å². The first kappa shape index (κ1) is 14.4. The van der Waals surface area contributed by atoms with E-state index in [-0.39, 0.29) is 13.2 Å². The van der Waals surface area contributed by atoms with E-state index in [1.165, 1.54) is 0 Å². The Morgan fingerprint density at radius 1 is 1.29 bits per heavy atom. The number of rotatable bonds is 1. The normalized spacial score (nSPS) is 20.0. The summed E-state index contributed by atoms with van der Waals surface area (Å²) in [6.07, 6.45) is -4.54. The van der Waals surface area contributed by atoms with Gasteiger partial charge in [0.1, 0.15) is 0 Å². The van der Waals surface area contributed by atoms with Crippen molar-refractivity contribution in [3.05, 3.63) is 35.5 Å². The van der Waals surface area contributed by atoms with Gasteiger partial charge in [-0.25, -0.2) is 0 Å². The lowest BCUT2D eigenvalue weighted by Crippen LogP contribution is -2.49. The van der Waals surface area contributed by atoms with Crippen LogP contribution in [0.3, 0.4) is 0 Å². The van der Waals surface area contributed by atoms with E-state index in [1.54, 1.807) is 35.4 Å². The lowest BCUT2D eigenvalue weighted by Gasteiger charge is -2.35. The quantitative estimate of drug-likeness (QED) is 0.803. The lowest BCUT2D eigenvalue weighted by atomic mass is 10.1. The highest BCUT2D eigenvalue weighted by atomic mass is 35.5. The van der Waals surface area contributed by atoms with Crippen LogP contribution in [0.2, 0.25) is 5.02 Å². The molecule has 3 nitrogen and oxygen atoms in total. The number of fused-ring (bicyclic) bond motifs is 1. The highest BCUT2D eigenvalue weighted by Gasteiger charge is 2.43. The number of morpholine rings is 1. The zero-order valence-electron chi connectivity index (χ0n) is 10.9. The molecule has 0 saturated carbocycles. The smallest absolute Gasteiger partial charge is 0.366 e. The van der Waals surface area contributed by atoms with Gasteiger partial charge in [0, 0.05) is 28.8 Å². The molecule has 0 spiro atoms. The highest BCUT2D eigenvalue weighted by Crippen LogP contribution is 2.32. The minimum atomic E-state index is -4.36. The van der Waals surface area contributed by atoms with Gasteiger partial charge in [0.2, 0.25) is 0 Å². The van der Waals surface area contributed by atoms with Gasteiger partial charge in [0.15, 0.2) is 6.10 Å². The standard InChI is InChI=1S/C14H12ClF3N2O/c15-9-1-2-11-10(7-9)12(3-4-19-11)20-5-6-21-13(8-20)14(16,17)18/h1-4,7,13H,5-6,8H2/t13-/m1/s1. The molecule has 0 aliphatic carbocycles. The average molecular weight is 317 g/mol. The van der Waals surface area contributed by atoms with Crippen molar-refractivity contribution in [2.75, 3.05) is 24.6 Å². The number of hydrogen-bond acceptors (Lipinski definition) is 3. The van der Waals surface area contributed by atoms with E-state index in [2.05, 4.69) is 4.98 Å². The van der Waals surface area contributed by atoms with Gasteiger partial charge in [0.25, 0.3) is 0 Å². The molecule has 1 aromatic carbocycles. The average Bonchev–Trinajstić information content (AvgIpc) is 2.46. The molecule has 0 N–H and O–H groups in total. The summed E-state index contributed by atoms with van der Waals surface area (Å²) in [7, 11) is 0. The second-order valence-electron chi connectivity index (χ2n) is 4.84. The van der Waals surface area contributed by atoms with E-state index < -0.39 is 12.3 Å². The molecule has 0 amide bonds. The molecule has 112 valence electrons. The van der Waals surface area contributed by atoms with Crippen LogP contribution in [0.15, 0.2) is 30.5 Å². The van der Waals surface area contributed by atoms with Gasteiger partial charge in [-0.1, -0.05) is 11.6 Å². The summed E-state index contributed by atoms with van der Waals surface area (Å²) < 4.78 is 43.3. The second kappa shape index (κ2) is 5.35. The molecule has 2 aromatic rings. The zero-order valence-corrected chi connectivity index (χ0v) is 11.7. The summed E-state index contributed by atoms with van der Waals surface area (Å²) in [5.41, 5.74) is 1.40. The summed E-state index contributed by atoms with van der Waals surface area (Å²) in [6.45, 7) is 0.210. The van der Waals surface area contributed by atoms with Gasteiger partial charge in [-0.3, -0.25) is 4.98 Å². The molecule has 1 aromatic heterocycles. The van der Waals surface area contributed by atoms with Crippen molar-refractivity contribution in [1.29, 1.82) is 0 Å². The maximum Gasteiger partial charge on any atom is 0.416 e. The van der Waals surface area contributed by atoms with Crippen LogP contribution in [0.25, 0.3) is 10.9 Å². The fourth-order valence-electron chi connectivity index (χ4n) is 2.45. The predicted octanol–water partition coefficient (Wildman–Crippen LogP) is 3.66. The molecule has 1 aliphatic rings. The van der Waals surface area contributed by atoms with Crippen molar-refractivity contribution in [3.8, 4) is 0 Å². The molecule has 1 fully saturated rings. The Labute approximate surface area is 124 Å². The third kappa shape index (κ3) is 2.91. The number of alkyl halides is 3. The van der Waals surface area contributed by atoms with E-state index in [9.17, 15) is 13.2 Å². The second-order valence-corrected chi connectivity index (χ2v) is 5.28. The maximum atomic E-state index is 12.8. The molecular weight excluding hydrogens is 305 g/mol. The van der Waals surface area contributed by atoms with Gasteiger partial charge in [-0.2, -0.15) is 13.2 Å². The van der Waals surface area contributed by atoms with Crippen LogP contribution in [0.5, 0.6) is 0 Å². The molecule has 1 saturated heterocycles. The zero-order chi connectivity index (χ0) is 15.0. The summed E-state index contributed by atoms with van der Waals surface area (Å²) in [6, 6.07) is 6.88. The van der Waals surface area contributed by atoms with Gasteiger partial charge >= 0.3 is 6.18 Å². The molecule has 21 heavy (non-hydrogen) atoms. The topological polar surface area (TPSA) is 25.4 Å². The number of hydrogen-bond donors (Lipinski definition) is 0. The van der Waals surface area contributed by atoms with E-state index in [0.29, 0.717) is 22.8 Å². The first-order chi connectivity index (χ1) is 9.95. The van der Waals surface area contributed by atoms with Gasteiger partial charge in [-0.15, -0.1) is 0 Å². The van der Waals surface area contributed by atoms with Crippen LogP contribution in [0.1, 0.15) is 0 Å². The number of aromatic nitrogens is 1. The number of ether oxygens (including phenoxy) is 1. The molecule has 0 unspecified atom stereocenters. The lowest BCUT2D eigenvalue weighted by molar-refractivity contribution is -0.221. The van der Waals surface area contributed by atoms with Crippen LogP contribution in [0.4, 0.5) is 18.9 Å². The van der Waals surface area contributed by atoms with Crippen LogP contribution >= 0.6 is 11.6 Å². The minimum absolute atomic E-state index is 0.0363. The Hall–Kier alpha value is -1.53. The summed E-state index contributed by atoms with van der Waals surface area (Å²) in [5, 5.41) is 1.27. The minimum Gasteiger partial charge on any atom is -0.366 e. The largest absolute Gasteiger partial charge is 0.416 e. The molecule has 1 aliphatic heterocycles. The molecule has 1 atom stereocenters. The van der Waals surface area contributed by atoms with Crippen LogP contribution in [-0.2, 0) is 4.74 Å². The fourth-order valence-corrected chi connectivity index (χ4v) is 2.62. The van der Waals surface area contributed by atoms with Crippen LogP contribution in [-0.4, -0.2) is 37.0 Å². The molecular formula is C14H12ClF3N2O. The third-order valence-corrected chi connectivity index (χ3v) is 3.69. The Morgan fingerprint density at radius 2 is 2.10 bits per heavy atom. The van der Waals surface area contributed by atoms with Crippen molar-refractivity contribution < 1.29 is 17.9 Å². The fraction of sp³-hybridized carbons (Fsp3) is 0.357. The molecule has 0 radical (unpaired) electrons.